The van der Waals surface area contributed by atoms with Crippen LogP contribution in [0.15, 0.2) is 30.3 Å². The third-order valence-electron chi connectivity index (χ3n) is 2.67. The van der Waals surface area contributed by atoms with Gasteiger partial charge in [-0.15, -0.1) is 0 Å². The summed E-state index contributed by atoms with van der Waals surface area (Å²) < 4.78 is 31.3. The summed E-state index contributed by atoms with van der Waals surface area (Å²) in [6, 6.07) is 6.65. The number of pyridine rings is 1. The maximum absolute atomic E-state index is 13.2. The Morgan fingerprint density at radius 1 is 1.05 bits per heavy atom. The lowest BCUT2D eigenvalue weighted by Gasteiger charge is -1.97. The lowest BCUT2D eigenvalue weighted by atomic mass is 10.2. The third-order valence-corrected chi connectivity index (χ3v) is 2.67. The van der Waals surface area contributed by atoms with Crippen LogP contribution in [0.4, 0.5) is 8.78 Å². The van der Waals surface area contributed by atoms with Crippen LogP contribution in [0.1, 0.15) is 0 Å². The van der Waals surface area contributed by atoms with Gasteiger partial charge in [0.2, 0.25) is 5.88 Å². The molecule has 0 fully saturated rings. The molecule has 0 radical (unpaired) electrons. The average molecular weight is 261 g/mol. The van der Waals surface area contributed by atoms with Gasteiger partial charge in [0, 0.05) is 17.7 Å². The second kappa shape index (κ2) is 4.31. The molecule has 4 nitrogen and oxygen atoms in total. The van der Waals surface area contributed by atoms with E-state index in [9.17, 15) is 8.78 Å². The van der Waals surface area contributed by atoms with Crippen LogP contribution in [0, 0.1) is 11.6 Å². The van der Waals surface area contributed by atoms with Crippen LogP contribution in [0.3, 0.4) is 0 Å². The largest absolute Gasteiger partial charge is 0.481 e. The molecule has 0 saturated heterocycles. The Kier molecular flexibility index (Phi) is 2.63. The zero-order chi connectivity index (χ0) is 13.4. The van der Waals surface area contributed by atoms with E-state index in [-0.39, 0.29) is 0 Å². The number of H-pyrrole nitrogens is 1. The number of rotatable bonds is 2. The smallest absolute Gasteiger partial charge is 0.215 e. The SMILES string of the molecule is COc1ccc2[nH]c(-c3cc(F)cc(F)c3)nc2n1. The van der Waals surface area contributed by atoms with Gasteiger partial charge in [-0.25, -0.2) is 13.8 Å². The molecular weight excluding hydrogens is 252 g/mol. The van der Waals surface area contributed by atoms with Crippen molar-refractivity contribution in [1.29, 1.82) is 0 Å². The van der Waals surface area contributed by atoms with E-state index < -0.39 is 11.6 Å². The number of halogens is 2. The maximum atomic E-state index is 13.2. The molecule has 0 bridgehead atoms. The van der Waals surface area contributed by atoms with Gasteiger partial charge in [0.1, 0.15) is 17.5 Å². The summed E-state index contributed by atoms with van der Waals surface area (Å²) in [6.07, 6.45) is 0. The van der Waals surface area contributed by atoms with Crippen LogP contribution < -0.4 is 4.74 Å². The number of nitrogens with zero attached hydrogens (tertiary/aromatic N) is 2. The van der Waals surface area contributed by atoms with Gasteiger partial charge in [-0.1, -0.05) is 0 Å². The van der Waals surface area contributed by atoms with Crippen LogP contribution in [0.25, 0.3) is 22.6 Å². The Balaban J connectivity index is 2.14. The molecule has 2 heterocycles. The molecule has 0 spiro atoms. The van der Waals surface area contributed by atoms with Gasteiger partial charge in [0.15, 0.2) is 5.65 Å². The second-order valence-electron chi connectivity index (χ2n) is 3.97. The van der Waals surface area contributed by atoms with E-state index >= 15 is 0 Å². The molecule has 6 heteroatoms. The van der Waals surface area contributed by atoms with Gasteiger partial charge in [-0.2, -0.15) is 4.98 Å². The van der Waals surface area contributed by atoms with Crippen LogP contribution in [0.2, 0.25) is 0 Å². The van der Waals surface area contributed by atoms with Crippen LogP contribution in [0.5, 0.6) is 5.88 Å². The fourth-order valence-electron chi connectivity index (χ4n) is 1.82. The summed E-state index contributed by atoms with van der Waals surface area (Å²) in [5.41, 5.74) is 1.42. The summed E-state index contributed by atoms with van der Waals surface area (Å²) in [5, 5.41) is 0. The van der Waals surface area contributed by atoms with Crippen LogP contribution >= 0.6 is 0 Å². The predicted octanol–water partition coefficient (Wildman–Crippen LogP) is 2.91. The first-order chi connectivity index (χ1) is 9.15. The van der Waals surface area contributed by atoms with E-state index in [0.717, 1.165) is 6.07 Å². The van der Waals surface area contributed by atoms with Crippen LogP contribution in [-0.4, -0.2) is 22.1 Å². The zero-order valence-electron chi connectivity index (χ0n) is 9.95. The molecule has 0 atom stereocenters. The minimum atomic E-state index is -0.652. The first kappa shape index (κ1) is 11.6. The number of nitrogens with one attached hydrogen (secondary N) is 1. The minimum absolute atomic E-state index is 0.328. The maximum Gasteiger partial charge on any atom is 0.215 e. The highest BCUT2D eigenvalue weighted by Gasteiger charge is 2.09. The molecule has 0 amide bonds. The van der Waals surface area contributed by atoms with E-state index in [4.69, 9.17) is 4.74 Å². The minimum Gasteiger partial charge on any atom is -0.481 e. The van der Waals surface area contributed by atoms with Crippen LogP contribution in [-0.2, 0) is 0 Å². The lowest BCUT2D eigenvalue weighted by Crippen LogP contribution is -1.87. The summed E-state index contributed by atoms with van der Waals surface area (Å²) in [5.74, 6) is -0.521. The van der Waals surface area contributed by atoms with E-state index in [1.165, 1.54) is 19.2 Å². The Morgan fingerprint density at radius 3 is 2.47 bits per heavy atom. The van der Waals surface area contributed by atoms with Gasteiger partial charge in [-0.05, 0) is 18.2 Å². The third kappa shape index (κ3) is 2.12. The Bertz CT molecular complexity index is 734. The van der Waals surface area contributed by atoms with Crippen molar-refractivity contribution >= 4 is 11.2 Å². The average Bonchev–Trinajstić information content (AvgIpc) is 2.80. The molecule has 96 valence electrons. The van der Waals surface area contributed by atoms with Crippen molar-refractivity contribution in [2.24, 2.45) is 0 Å². The molecule has 3 aromatic rings. The number of fused-ring (bicyclic) bond motifs is 1. The molecule has 0 aliphatic rings. The number of hydrogen-bond acceptors (Lipinski definition) is 3. The highest BCUT2D eigenvalue weighted by atomic mass is 19.1. The molecule has 1 N–H and O–H groups in total. The molecule has 0 aliphatic heterocycles. The summed E-state index contributed by atoms with van der Waals surface area (Å²) in [4.78, 5) is 11.3. The standard InChI is InChI=1S/C13H9F2N3O/c1-19-11-3-2-10-13(17-11)18-12(16-10)7-4-8(14)6-9(15)5-7/h2-6H,1H3,(H,16,17,18). The fraction of sp³-hybridized carbons (Fsp3) is 0.0769. The number of hydrogen-bond donors (Lipinski definition) is 1. The first-order valence-electron chi connectivity index (χ1n) is 5.53. The molecule has 0 aliphatic carbocycles. The molecule has 3 rings (SSSR count). The number of imidazole rings is 1. The molecule has 0 saturated carbocycles. The first-order valence-corrected chi connectivity index (χ1v) is 5.53. The molecule has 2 aromatic heterocycles. The van der Waals surface area contributed by atoms with Crippen molar-refractivity contribution in [2.45, 2.75) is 0 Å². The van der Waals surface area contributed by atoms with E-state index in [1.807, 2.05) is 0 Å². The molecule has 19 heavy (non-hydrogen) atoms. The number of benzene rings is 1. The summed E-state index contributed by atoms with van der Waals surface area (Å²) in [6.45, 7) is 0. The highest BCUT2D eigenvalue weighted by Crippen LogP contribution is 2.22. The van der Waals surface area contributed by atoms with Crippen molar-refractivity contribution in [1.82, 2.24) is 15.0 Å². The quantitative estimate of drug-likeness (QED) is 0.771. The highest BCUT2D eigenvalue weighted by molar-refractivity contribution is 5.76. The molecule has 1 aromatic carbocycles. The normalized spacial score (nSPS) is 10.9. The monoisotopic (exact) mass is 261 g/mol. The molecular formula is C13H9F2N3O. The lowest BCUT2D eigenvalue weighted by molar-refractivity contribution is 0.399. The van der Waals surface area contributed by atoms with E-state index in [1.54, 1.807) is 12.1 Å². The van der Waals surface area contributed by atoms with E-state index in [2.05, 4.69) is 15.0 Å². The number of methoxy groups -OCH3 is 1. The predicted molar refractivity (Wildman–Crippen MR) is 65.8 cm³/mol. The van der Waals surface area contributed by atoms with Crippen molar-refractivity contribution in [3.8, 4) is 17.3 Å². The van der Waals surface area contributed by atoms with Crippen molar-refractivity contribution in [2.75, 3.05) is 7.11 Å². The van der Waals surface area contributed by atoms with Crippen molar-refractivity contribution < 1.29 is 13.5 Å². The number of aromatic nitrogens is 3. The van der Waals surface area contributed by atoms with Gasteiger partial charge < -0.3 is 9.72 Å². The Hall–Kier alpha value is -2.50. The van der Waals surface area contributed by atoms with Crippen molar-refractivity contribution in [3.05, 3.63) is 42.0 Å². The number of ether oxygens (including phenoxy) is 1. The Labute approximate surface area is 107 Å². The van der Waals surface area contributed by atoms with E-state index in [0.29, 0.717) is 28.4 Å². The fourth-order valence-corrected chi connectivity index (χ4v) is 1.82. The Morgan fingerprint density at radius 2 is 1.79 bits per heavy atom. The van der Waals surface area contributed by atoms with Gasteiger partial charge in [0.05, 0.1) is 12.6 Å². The van der Waals surface area contributed by atoms with Gasteiger partial charge in [-0.3, -0.25) is 0 Å². The second-order valence-corrected chi connectivity index (χ2v) is 3.97. The van der Waals surface area contributed by atoms with Gasteiger partial charge >= 0.3 is 0 Å². The summed E-state index contributed by atoms with van der Waals surface area (Å²) >= 11 is 0. The number of aromatic amines is 1. The molecule has 0 unspecified atom stereocenters. The topological polar surface area (TPSA) is 50.8 Å². The summed E-state index contributed by atoms with van der Waals surface area (Å²) in [7, 11) is 1.50. The van der Waals surface area contributed by atoms with Crippen molar-refractivity contribution in [3.63, 3.8) is 0 Å². The zero-order valence-corrected chi connectivity index (χ0v) is 9.95. The van der Waals surface area contributed by atoms with Gasteiger partial charge in [0.25, 0.3) is 0 Å².